The Morgan fingerprint density at radius 3 is 2.45 bits per heavy atom. The molecule has 0 unspecified atom stereocenters. The Morgan fingerprint density at radius 1 is 1.35 bits per heavy atom. The summed E-state index contributed by atoms with van der Waals surface area (Å²) in [5, 5.41) is 15.5. The van der Waals surface area contributed by atoms with Crippen molar-refractivity contribution in [2.24, 2.45) is 10.9 Å². The summed E-state index contributed by atoms with van der Waals surface area (Å²) >= 11 is 0. The number of hydrogen-bond acceptors (Lipinski definition) is 4. The van der Waals surface area contributed by atoms with E-state index < -0.39 is 18.1 Å². The monoisotopic (exact) mass is 292 g/mol. The number of carbonyl (C=O) groups is 1. The zero-order valence-corrected chi connectivity index (χ0v) is 9.94. The quantitative estimate of drug-likeness (QED) is 0.291. The molecule has 0 aromatic heterocycles. The van der Waals surface area contributed by atoms with Crippen LogP contribution in [0.5, 0.6) is 5.75 Å². The summed E-state index contributed by atoms with van der Waals surface area (Å²) in [6, 6.07) is 3.88. The first-order valence-electron chi connectivity index (χ1n) is 5.17. The van der Waals surface area contributed by atoms with Crippen molar-refractivity contribution in [3.05, 3.63) is 24.3 Å². The molecule has 2 amide bonds. The number of nitrogens with zero attached hydrogens (tertiary/aromatic N) is 1. The zero-order chi connectivity index (χ0) is 15.2. The van der Waals surface area contributed by atoms with Crippen LogP contribution >= 0.6 is 0 Å². The molecule has 110 valence electrons. The summed E-state index contributed by atoms with van der Waals surface area (Å²) in [4.78, 5) is 11.3. The fourth-order valence-corrected chi connectivity index (χ4v) is 1.12. The van der Waals surface area contributed by atoms with Crippen molar-refractivity contribution in [2.75, 3.05) is 11.9 Å². The van der Waals surface area contributed by atoms with Gasteiger partial charge in [-0.25, -0.2) is 4.79 Å². The molecule has 0 bridgehead atoms. The molecular weight excluding hydrogens is 281 g/mol. The van der Waals surface area contributed by atoms with Crippen LogP contribution in [0.25, 0.3) is 0 Å². The first kappa shape index (κ1) is 15.4. The number of alkyl halides is 3. The van der Waals surface area contributed by atoms with E-state index in [1.807, 2.05) is 0 Å². The molecular formula is C10H11F3N4O3. The predicted octanol–water partition coefficient (Wildman–Crippen LogP) is 1.45. The minimum absolute atomic E-state index is 0.183. The van der Waals surface area contributed by atoms with Crippen LogP contribution in [0.2, 0.25) is 0 Å². The third kappa shape index (κ3) is 5.80. The molecule has 5 N–H and O–H groups in total. The van der Waals surface area contributed by atoms with E-state index in [-0.39, 0.29) is 18.1 Å². The van der Waals surface area contributed by atoms with Crippen molar-refractivity contribution < 1.29 is 27.9 Å². The summed E-state index contributed by atoms with van der Waals surface area (Å²) < 4.78 is 39.4. The molecule has 1 aromatic rings. The molecule has 10 heteroatoms. The summed E-state index contributed by atoms with van der Waals surface area (Å²) in [6.07, 6.45) is -4.77. The van der Waals surface area contributed by atoms with E-state index in [1.165, 1.54) is 12.1 Å². The molecule has 0 heterocycles. The number of benzene rings is 1. The van der Waals surface area contributed by atoms with E-state index in [1.54, 1.807) is 0 Å². The maximum Gasteiger partial charge on any atom is 0.573 e. The van der Waals surface area contributed by atoms with Gasteiger partial charge in [0.2, 0.25) is 0 Å². The largest absolute Gasteiger partial charge is 0.573 e. The Labute approximate surface area is 111 Å². The normalized spacial score (nSPS) is 11.8. The van der Waals surface area contributed by atoms with Crippen LogP contribution in [-0.4, -0.2) is 30.0 Å². The molecule has 20 heavy (non-hydrogen) atoms. The van der Waals surface area contributed by atoms with Crippen molar-refractivity contribution >= 4 is 17.6 Å². The van der Waals surface area contributed by atoms with Crippen molar-refractivity contribution in [1.29, 1.82) is 0 Å². The lowest BCUT2D eigenvalue weighted by Crippen LogP contribution is -2.36. The zero-order valence-electron chi connectivity index (χ0n) is 9.94. The van der Waals surface area contributed by atoms with Crippen LogP contribution in [0.1, 0.15) is 0 Å². The lowest BCUT2D eigenvalue weighted by molar-refractivity contribution is -0.274. The highest BCUT2D eigenvalue weighted by Crippen LogP contribution is 2.23. The van der Waals surface area contributed by atoms with Gasteiger partial charge < -0.3 is 26.3 Å². The van der Waals surface area contributed by atoms with Gasteiger partial charge in [0.1, 0.15) is 5.75 Å². The Hall–Kier alpha value is -2.65. The molecule has 0 saturated carbocycles. The van der Waals surface area contributed by atoms with Crippen LogP contribution in [0.3, 0.4) is 0 Å². The fraction of sp³-hybridized carbons (Fsp3) is 0.200. The second kappa shape index (κ2) is 6.50. The number of nitrogens with one attached hydrogen (secondary N) is 2. The number of carbonyl (C=O) groups excluding carboxylic acids is 1. The standard InChI is InChI=1S/C10H11F3N4O3/c11-10(12,13)20-7-3-1-6(2-4-7)16-9(18)15-5-8(14)17-19/h1-4,19H,5H2,(H2,14,17)(H2,15,16,18). The Bertz CT molecular complexity index is 488. The molecule has 0 aliphatic rings. The van der Waals surface area contributed by atoms with E-state index in [2.05, 4.69) is 20.5 Å². The summed E-state index contributed by atoms with van der Waals surface area (Å²) in [5.74, 6) is -0.603. The van der Waals surface area contributed by atoms with Crippen LogP contribution in [0.4, 0.5) is 23.7 Å². The number of nitrogens with two attached hydrogens (primary N) is 1. The molecule has 7 nitrogen and oxygen atoms in total. The number of urea groups is 1. The number of amides is 2. The van der Waals surface area contributed by atoms with Gasteiger partial charge in [0.15, 0.2) is 5.84 Å². The number of anilines is 1. The number of rotatable bonds is 4. The smallest absolute Gasteiger partial charge is 0.409 e. The molecule has 0 aliphatic heterocycles. The minimum atomic E-state index is -4.77. The topological polar surface area (TPSA) is 109 Å². The summed E-state index contributed by atoms with van der Waals surface area (Å²) in [7, 11) is 0. The van der Waals surface area contributed by atoms with E-state index in [0.29, 0.717) is 0 Å². The molecule has 1 aromatic carbocycles. The van der Waals surface area contributed by atoms with Crippen molar-refractivity contribution in [2.45, 2.75) is 6.36 Å². The third-order valence-corrected chi connectivity index (χ3v) is 1.90. The number of ether oxygens (including phenoxy) is 1. The molecule has 0 fully saturated rings. The summed E-state index contributed by atoms with van der Waals surface area (Å²) in [6.45, 7) is -0.183. The minimum Gasteiger partial charge on any atom is -0.409 e. The van der Waals surface area contributed by atoms with Gasteiger partial charge in [-0.15, -0.1) is 13.2 Å². The second-order valence-corrected chi connectivity index (χ2v) is 3.47. The van der Waals surface area contributed by atoms with Crippen LogP contribution in [-0.2, 0) is 0 Å². The fourth-order valence-electron chi connectivity index (χ4n) is 1.12. The molecule has 0 atom stereocenters. The number of oxime groups is 1. The molecule has 0 spiro atoms. The van der Waals surface area contributed by atoms with E-state index >= 15 is 0 Å². The third-order valence-electron chi connectivity index (χ3n) is 1.90. The Morgan fingerprint density at radius 2 is 1.95 bits per heavy atom. The van der Waals surface area contributed by atoms with Crippen LogP contribution < -0.4 is 21.1 Å². The maximum atomic E-state index is 11.9. The van der Waals surface area contributed by atoms with Gasteiger partial charge >= 0.3 is 12.4 Å². The van der Waals surface area contributed by atoms with Crippen LogP contribution in [0.15, 0.2) is 29.4 Å². The van der Waals surface area contributed by atoms with Gasteiger partial charge in [-0.05, 0) is 24.3 Å². The SMILES string of the molecule is N/C(CNC(=O)Nc1ccc(OC(F)(F)F)cc1)=N/O. The van der Waals surface area contributed by atoms with Gasteiger partial charge in [0.05, 0.1) is 6.54 Å². The number of hydrogen-bond donors (Lipinski definition) is 4. The predicted molar refractivity (Wildman–Crippen MR) is 63.6 cm³/mol. The van der Waals surface area contributed by atoms with E-state index in [9.17, 15) is 18.0 Å². The number of amidine groups is 1. The lowest BCUT2D eigenvalue weighted by atomic mass is 10.3. The molecule has 1 rings (SSSR count). The van der Waals surface area contributed by atoms with Gasteiger partial charge in [0, 0.05) is 5.69 Å². The first-order valence-corrected chi connectivity index (χ1v) is 5.17. The van der Waals surface area contributed by atoms with Gasteiger partial charge in [-0.2, -0.15) is 0 Å². The first-order chi connectivity index (χ1) is 9.30. The Balaban J connectivity index is 2.51. The van der Waals surface area contributed by atoms with Gasteiger partial charge in [-0.1, -0.05) is 5.16 Å². The van der Waals surface area contributed by atoms with Crippen molar-refractivity contribution in [3.8, 4) is 5.75 Å². The van der Waals surface area contributed by atoms with E-state index in [4.69, 9.17) is 10.9 Å². The highest BCUT2D eigenvalue weighted by Gasteiger charge is 2.30. The lowest BCUT2D eigenvalue weighted by Gasteiger charge is -2.10. The summed E-state index contributed by atoms with van der Waals surface area (Å²) in [5.41, 5.74) is 5.37. The van der Waals surface area contributed by atoms with Crippen molar-refractivity contribution in [1.82, 2.24) is 5.32 Å². The maximum absolute atomic E-state index is 11.9. The number of halogens is 3. The van der Waals surface area contributed by atoms with Gasteiger partial charge in [-0.3, -0.25) is 0 Å². The van der Waals surface area contributed by atoms with Crippen molar-refractivity contribution in [3.63, 3.8) is 0 Å². The average Bonchev–Trinajstić information content (AvgIpc) is 2.36. The van der Waals surface area contributed by atoms with Crippen LogP contribution in [0, 0.1) is 0 Å². The molecule has 0 radical (unpaired) electrons. The molecule has 0 aliphatic carbocycles. The van der Waals surface area contributed by atoms with Gasteiger partial charge in [0.25, 0.3) is 0 Å². The Kier molecular flexibility index (Phi) is 5.01. The average molecular weight is 292 g/mol. The second-order valence-electron chi connectivity index (χ2n) is 3.47. The highest BCUT2D eigenvalue weighted by molar-refractivity contribution is 5.93. The molecule has 0 saturated heterocycles. The highest BCUT2D eigenvalue weighted by atomic mass is 19.4. The van der Waals surface area contributed by atoms with E-state index in [0.717, 1.165) is 12.1 Å².